The first-order chi connectivity index (χ1) is 20.3. The molecule has 0 radical (unpaired) electrons. The van der Waals surface area contributed by atoms with Crippen molar-refractivity contribution in [3.63, 3.8) is 0 Å². The fourth-order valence-corrected chi connectivity index (χ4v) is 5.68. The van der Waals surface area contributed by atoms with Crippen molar-refractivity contribution in [2.75, 3.05) is 20.3 Å². The highest BCUT2D eigenvalue weighted by Crippen LogP contribution is 2.40. The molecule has 0 amide bonds. The van der Waals surface area contributed by atoms with Gasteiger partial charge in [0, 0.05) is 26.3 Å². The molecule has 2 unspecified atom stereocenters. The smallest absolute Gasteiger partial charge is 0.373 e. The highest BCUT2D eigenvalue weighted by atomic mass is 16.7. The van der Waals surface area contributed by atoms with Gasteiger partial charge in [0.1, 0.15) is 11.9 Å². The minimum Gasteiger partial charge on any atom is -0.494 e. The third-order valence-corrected chi connectivity index (χ3v) is 7.65. The van der Waals surface area contributed by atoms with E-state index in [0.29, 0.717) is 26.1 Å². The maximum absolute atomic E-state index is 13.3. The van der Waals surface area contributed by atoms with Crippen LogP contribution < -0.4 is 4.74 Å². The van der Waals surface area contributed by atoms with Crippen LogP contribution in [0.2, 0.25) is 0 Å². The normalized spacial score (nSPS) is 23.0. The van der Waals surface area contributed by atoms with Gasteiger partial charge in [0.05, 0.1) is 20.3 Å². The summed E-state index contributed by atoms with van der Waals surface area (Å²) in [5.74, 6) is -1.52. The lowest BCUT2D eigenvalue weighted by atomic mass is 9.85. The Balaban J connectivity index is 1.63. The monoisotopic (exact) mass is 588 g/mol. The number of ether oxygens (including phenoxy) is 6. The maximum atomic E-state index is 13.3. The van der Waals surface area contributed by atoms with Gasteiger partial charge in [0.15, 0.2) is 18.2 Å². The number of carbonyl (C=O) groups excluding carboxylic acids is 4. The first-order valence-corrected chi connectivity index (χ1v) is 14.9. The first-order valence-electron chi connectivity index (χ1n) is 14.9. The minimum atomic E-state index is -1.13. The van der Waals surface area contributed by atoms with Gasteiger partial charge >= 0.3 is 17.9 Å². The van der Waals surface area contributed by atoms with E-state index in [2.05, 4.69) is 0 Å². The Hall–Kier alpha value is -3.40. The van der Waals surface area contributed by atoms with Gasteiger partial charge < -0.3 is 28.4 Å². The predicted molar refractivity (Wildman–Crippen MR) is 152 cm³/mol. The second-order valence-electron chi connectivity index (χ2n) is 10.8. The van der Waals surface area contributed by atoms with Crippen LogP contribution in [-0.2, 0) is 42.9 Å². The fourth-order valence-electron chi connectivity index (χ4n) is 5.68. The molecule has 5 atom stereocenters. The molecule has 1 saturated carbocycles. The zero-order valence-corrected chi connectivity index (χ0v) is 24.9. The SMILES string of the molecule is COC(=O)C(=CC(=O)C(CC[C@@H]1[C@@H](CCCCOc2ccccc2)CC[C@@H]1OC(C)=O)OC(C)=O)OC1CCCCO1. The second-order valence-corrected chi connectivity index (χ2v) is 10.8. The number of benzene rings is 1. The number of carbonyl (C=O) groups is 4. The molecular weight excluding hydrogens is 544 g/mol. The molecule has 3 rings (SSSR count). The van der Waals surface area contributed by atoms with Gasteiger partial charge in [0.25, 0.3) is 0 Å². The molecule has 232 valence electrons. The van der Waals surface area contributed by atoms with Crippen LogP contribution in [0.15, 0.2) is 42.2 Å². The van der Waals surface area contributed by atoms with Crippen LogP contribution in [-0.4, -0.2) is 62.5 Å². The molecule has 0 aromatic heterocycles. The van der Waals surface area contributed by atoms with Crippen molar-refractivity contribution < 1.29 is 47.6 Å². The average molecular weight is 589 g/mol. The van der Waals surface area contributed by atoms with Crippen molar-refractivity contribution in [1.82, 2.24) is 0 Å². The van der Waals surface area contributed by atoms with Gasteiger partial charge in [-0.3, -0.25) is 14.4 Å². The van der Waals surface area contributed by atoms with Gasteiger partial charge in [-0.15, -0.1) is 0 Å². The van der Waals surface area contributed by atoms with E-state index >= 15 is 0 Å². The van der Waals surface area contributed by atoms with E-state index < -0.39 is 30.1 Å². The lowest BCUT2D eigenvalue weighted by molar-refractivity contribution is -0.162. The molecule has 10 nitrogen and oxygen atoms in total. The average Bonchev–Trinajstić information content (AvgIpc) is 3.35. The Labute approximate surface area is 248 Å². The van der Waals surface area contributed by atoms with Gasteiger partial charge in [-0.2, -0.15) is 0 Å². The molecule has 1 saturated heterocycles. The van der Waals surface area contributed by atoms with Crippen LogP contribution in [0.4, 0.5) is 0 Å². The summed E-state index contributed by atoms with van der Waals surface area (Å²) in [5, 5.41) is 0. The summed E-state index contributed by atoms with van der Waals surface area (Å²) in [6, 6.07) is 9.67. The Morgan fingerprint density at radius 1 is 0.952 bits per heavy atom. The van der Waals surface area contributed by atoms with E-state index in [0.717, 1.165) is 56.8 Å². The number of para-hydroxylation sites is 1. The van der Waals surface area contributed by atoms with Crippen molar-refractivity contribution in [3.8, 4) is 5.75 Å². The molecular formula is C32H44O10. The number of unbranched alkanes of at least 4 members (excludes halogenated alkanes) is 1. The molecule has 2 aliphatic rings. The van der Waals surface area contributed by atoms with E-state index in [1.54, 1.807) is 0 Å². The third kappa shape index (κ3) is 11.1. The number of esters is 3. The number of rotatable bonds is 16. The van der Waals surface area contributed by atoms with E-state index in [9.17, 15) is 19.2 Å². The summed E-state index contributed by atoms with van der Waals surface area (Å²) in [6.07, 6.45) is 6.41. The van der Waals surface area contributed by atoms with Crippen molar-refractivity contribution in [2.45, 2.75) is 96.6 Å². The van der Waals surface area contributed by atoms with Crippen molar-refractivity contribution in [1.29, 1.82) is 0 Å². The Morgan fingerprint density at radius 3 is 2.40 bits per heavy atom. The summed E-state index contributed by atoms with van der Waals surface area (Å²) in [6.45, 7) is 3.73. The summed E-state index contributed by atoms with van der Waals surface area (Å²) in [5.41, 5.74) is 0. The molecule has 1 heterocycles. The second kappa shape index (κ2) is 17.5. The molecule has 1 aliphatic carbocycles. The van der Waals surface area contributed by atoms with Gasteiger partial charge in [-0.25, -0.2) is 4.79 Å². The number of hydrogen-bond donors (Lipinski definition) is 0. The fraction of sp³-hybridized carbons (Fsp3) is 0.625. The summed E-state index contributed by atoms with van der Waals surface area (Å²) in [7, 11) is 1.19. The highest BCUT2D eigenvalue weighted by Gasteiger charge is 2.38. The van der Waals surface area contributed by atoms with E-state index in [-0.39, 0.29) is 36.1 Å². The van der Waals surface area contributed by atoms with Gasteiger partial charge in [-0.05, 0) is 81.8 Å². The van der Waals surface area contributed by atoms with Crippen molar-refractivity contribution >= 4 is 23.7 Å². The Morgan fingerprint density at radius 2 is 1.74 bits per heavy atom. The molecule has 10 heteroatoms. The lowest BCUT2D eigenvalue weighted by Crippen LogP contribution is -2.31. The largest absolute Gasteiger partial charge is 0.494 e. The summed E-state index contributed by atoms with van der Waals surface area (Å²) < 4.78 is 32.8. The highest BCUT2D eigenvalue weighted by molar-refractivity contribution is 6.01. The van der Waals surface area contributed by atoms with Crippen LogP contribution in [0.5, 0.6) is 5.75 Å². The molecule has 0 bridgehead atoms. The zero-order valence-electron chi connectivity index (χ0n) is 24.9. The standard InChI is InChI=1S/C32H44O10/c1-22(33)40-28-17-15-24(11-7-9-19-38-25-12-5-4-6-13-25)26(28)16-18-29(41-23(2)34)27(35)21-30(32(36)37-3)42-31-14-8-10-20-39-31/h4-6,12-13,21,24,26,28-29,31H,7-11,14-20H2,1-3H3/t24-,26+,28-,29?,31?/m0/s1. The van der Waals surface area contributed by atoms with E-state index in [4.69, 9.17) is 28.4 Å². The number of hydrogen-bond acceptors (Lipinski definition) is 10. The summed E-state index contributed by atoms with van der Waals surface area (Å²) in [4.78, 5) is 49.4. The predicted octanol–water partition coefficient (Wildman–Crippen LogP) is 5.07. The van der Waals surface area contributed by atoms with Crippen LogP contribution in [0.1, 0.15) is 78.1 Å². The topological polar surface area (TPSA) is 124 Å². The van der Waals surface area contributed by atoms with Crippen LogP contribution in [0.25, 0.3) is 0 Å². The molecule has 1 aromatic carbocycles. The third-order valence-electron chi connectivity index (χ3n) is 7.65. The number of methoxy groups -OCH3 is 1. The lowest BCUT2D eigenvalue weighted by Gasteiger charge is -2.26. The molecule has 0 N–H and O–H groups in total. The van der Waals surface area contributed by atoms with E-state index in [1.165, 1.54) is 21.0 Å². The zero-order chi connectivity index (χ0) is 30.3. The van der Waals surface area contributed by atoms with Crippen LogP contribution in [0.3, 0.4) is 0 Å². The molecule has 42 heavy (non-hydrogen) atoms. The maximum Gasteiger partial charge on any atom is 0.373 e. The first kappa shape index (κ1) is 33.1. The molecule has 1 aliphatic heterocycles. The van der Waals surface area contributed by atoms with E-state index in [1.807, 2.05) is 30.3 Å². The molecule has 2 fully saturated rings. The van der Waals surface area contributed by atoms with Crippen molar-refractivity contribution in [3.05, 3.63) is 42.2 Å². The minimum absolute atomic E-state index is 0.00532. The van der Waals surface area contributed by atoms with Gasteiger partial charge in [0.2, 0.25) is 5.76 Å². The Bertz CT molecular complexity index is 1050. The quantitative estimate of drug-likeness (QED) is 0.0849. The molecule has 0 spiro atoms. The number of ketones is 1. The van der Waals surface area contributed by atoms with Crippen LogP contribution >= 0.6 is 0 Å². The molecule has 1 aromatic rings. The van der Waals surface area contributed by atoms with Crippen molar-refractivity contribution in [2.24, 2.45) is 11.8 Å². The Kier molecular flexibility index (Phi) is 13.8. The van der Waals surface area contributed by atoms with Gasteiger partial charge in [-0.1, -0.05) is 18.2 Å². The van der Waals surface area contributed by atoms with Crippen LogP contribution in [0, 0.1) is 11.8 Å². The summed E-state index contributed by atoms with van der Waals surface area (Å²) >= 11 is 0.